The summed E-state index contributed by atoms with van der Waals surface area (Å²) in [5.74, 6) is 2.05. The number of phenolic OH excluding ortho intramolecular Hbond substituents is 1. The molecule has 3 N–H and O–H groups in total. The molecule has 7 heteroatoms. The number of methoxy groups -OCH3 is 1. The predicted octanol–water partition coefficient (Wildman–Crippen LogP) is 4.59. The highest BCUT2D eigenvalue weighted by atomic mass is 16.5. The Morgan fingerprint density at radius 2 is 1.97 bits per heavy atom. The van der Waals surface area contributed by atoms with Crippen LogP contribution < -0.4 is 24.8 Å². The van der Waals surface area contributed by atoms with E-state index in [0.29, 0.717) is 23.8 Å². The second kappa shape index (κ2) is 12.3. The third-order valence-corrected chi connectivity index (χ3v) is 6.20. The highest BCUT2D eigenvalue weighted by Crippen LogP contribution is 2.27. The smallest absolute Gasteiger partial charge is 0.248 e. The van der Waals surface area contributed by atoms with Crippen LogP contribution in [0.4, 0.5) is 0 Å². The Bertz CT molecular complexity index is 1150. The number of carbonyl (C=O) groups excluding carboxylic acids is 1. The summed E-state index contributed by atoms with van der Waals surface area (Å²) in [6, 6.07) is 12.7. The number of hydrogen-bond acceptors (Lipinski definition) is 6. The molecule has 1 aliphatic carbocycles. The molecule has 2 aliphatic rings. The van der Waals surface area contributed by atoms with Gasteiger partial charge in [0.2, 0.25) is 5.91 Å². The minimum absolute atomic E-state index is 0.0246. The maximum atomic E-state index is 12.6. The third kappa shape index (κ3) is 7.15. The molecule has 1 fully saturated rings. The fourth-order valence-electron chi connectivity index (χ4n) is 4.25. The van der Waals surface area contributed by atoms with Gasteiger partial charge >= 0.3 is 0 Å². The number of allylic oxidation sites excluding steroid dienone is 2. The lowest BCUT2D eigenvalue weighted by molar-refractivity contribution is -0.115. The standard InChI is InChI=1S/C29H34N2O5/c1-20-6-9-26(31-29(33)11-8-21-7-10-28(34-2)27(32)17-21)22(16-20)19-35-24-4-3-5-25(18-24)36-23-12-14-30-15-13-23/h3-5,7-11,16-18,20,23,30,32H,6,12-15,19H2,1-2H3,(H,31,33)/b11-8+. The lowest BCUT2D eigenvalue weighted by Gasteiger charge is -2.24. The minimum Gasteiger partial charge on any atom is -0.504 e. The van der Waals surface area contributed by atoms with Gasteiger partial charge in [0.15, 0.2) is 11.5 Å². The van der Waals surface area contributed by atoms with Crippen LogP contribution in [0.1, 0.15) is 31.7 Å². The summed E-state index contributed by atoms with van der Waals surface area (Å²) in [5.41, 5.74) is 2.38. The fourth-order valence-corrected chi connectivity index (χ4v) is 4.25. The van der Waals surface area contributed by atoms with Crippen molar-refractivity contribution in [1.29, 1.82) is 0 Å². The van der Waals surface area contributed by atoms with E-state index in [2.05, 4.69) is 23.6 Å². The molecular formula is C29H34N2O5. The first kappa shape index (κ1) is 25.4. The number of nitrogens with one attached hydrogen (secondary N) is 2. The molecule has 1 heterocycles. The molecule has 1 saturated heterocycles. The second-order valence-corrected chi connectivity index (χ2v) is 9.11. The first-order valence-corrected chi connectivity index (χ1v) is 12.4. The molecule has 2 aromatic carbocycles. The Balaban J connectivity index is 1.35. The Morgan fingerprint density at radius 1 is 1.17 bits per heavy atom. The summed E-state index contributed by atoms with van der Waals surface area (Å²) >= 11 is 0. The van der Waals surface area contributed by atoms with E-state index in [0.717, 1.165) is 55.1 Å². The number of hydrogen-bond donors (Lipinski definition) is 3. The first-order valence-electron chi connectivity index (χ1n) is 12.4. The maximum absolute atomic E-state index is 12.6. The van der Waals surface area contributed by atoms with Gasteiger partial charge in [-0.2, -0.15) is 0 Å². The SMILES string of the molecule is COc1ccc(/C=C/C(=O)NC2=CCC(C)C=C2COc2cccc(OC3CCNCC3)c2)cc1O. The van der Waals surface area contributed by atoms with Gasteiger partial charge in [-0.15, -0.1) is 0 Å². The molecule has 36 heavy (non-hydrogen) atoms. The van der Waals surface area contributed by atoms with E-state index in [-0.39, 0.29) is 17.8 Å². The number of benzene rings is 2. The molecule has 0 bridgehead atoms. The molecule has 4 rings (SSSR count). The summed E-state index contributed by atoms with van der Waals surface area (Å²) in [6.45, 7) is 4.43. The Kier molecular flexibility index (Phi) is 8.68. The van der Waals surface area contributed by atoms with E-state index in [9.17, 15) is 9.90 Å². The highest BCUT2D eigenvalue weighted by molar-refractivity contribution is 5.93. The van der Waals surface area contributed by atoms with Crippen LogP contribution in [0, 0.1) is 5.92 Å². The zero-order valence-electron chi connectivity index (χ0n) is 20.8. The van der Waals surface area contributed by atoms with Gasteiger partial charge < -0.3 is 30.0 Å². The van der Waals surface area contributed by atoms with Crippen LogP contribution in [0.2, 0.25) is 0 Å². The van der Waals surface area contributed by atoms with Crippen molar-refractivity contribution in [2.45, 2.75) is 32.3 Å². The van der Waals surface area contributed by atoms with Crippen molar-refractivity contribution in [1.82, 2.24) is 10.6 Å². The topological polar surface area (TPSA) is 89.1 Å². The van der Waals surface area contributed by atoms with Crippen LogP contribution in [0.25, 0.3) is 6.08 Å². The first-order chi connectivity index (χ1) is 17.5. The molecule has 0 spiro atoms. The molecule has 190 valence electrons. The van der Waals surface area contributed by atoms with Crippen molar-refractivity contribution in [2.24, 2.45) is 5.92 Å². The van der Waals surface area contributed by atoms with Crippen molar-refractivity contribution in [3.8, 4) is 23.0 Å². The van der Waals surface area contributed by atoms with Gasteiger partial charge in [0.25, 0.3) is 0 Å². The molecule has 1 amide bonds. The molecule has 1 atom stereocenters. The third-order valence-electron chi connectivity index (χ3n) is 6.20. The summed E-state index contributed by atoms with van der Waals surface area (Å²) in [4.78, 5) is 12.6. The van der Waals surface area contributed by atoms with Gasteiger partial charge in [0.1, 0.15) is 24.2 Å². The van der Waals surface area contributed by atoms with E-state index in [4.69, 9.17) is 14.2 Å². The van der Waals surface area contributed by atoms with Crippen LogP contribution in [0.15, 0.2) is 72.0 Å². The second-order valence-electron chi connectivity index (χ2n) is 9.11. The van der Waals surface area contributed by atoms with E-state index in [1.54, 1.807) is 24.3 Å². The zero-order chi connectivity index (χ0) is 25.3. The lowest BCUT2D eigenvalue weighted by Crippen LogP contribution is -2.34. The van der Waals surface area contributed by atoms with Crippen molar-refractivity contribution in [2.75, 3.05) is 26.8 Å². The molecule has 1 unspecified atom stereocenters. The van der Waals surface area contributed by atoms with Gasteiger partial charge in [-0.3, -0.25) is 4.79 Å². The normalized spacial score (nSPS) is 18.3. The molecule has 0 saturated carbocycles. The number of carbonyl (C=O) groups is 1. The number of piperidine rings is 1. The molecule has 0 radical (unpaired) electrons. The number of ether oxygens (including phenoxy) is 3. The molecule has 0 aromatic heterocycles. The van der Waals surface area contributed by atoms with Crippen LogP contribution in [0.5, 0.6) is 23.0 Å². The molecule has 2 aromatic rings. The van der Waals surface area contributed by atoms with Crippen molar-refractivity contribution < 1.29 is 24.1 Å². The lowest BCUT2D eigenvalue weighted by atomic mass is 9.95. The van der Waals surface area contributed by atoms with Crippen molar-refractivity contribution in [3.05, 3.63) is 77.5 Å². The van der Waals surface area contributed by atoms with Gasteiger partial charge in [-0.1, -0.05) is 31.2 Å². The fraction of sp³-hybridized carbons (Fsp3) is 0.345. The summed E-state index contributed by atoms with van der Waals surface area (Å²) < 4.78 is 17.3. The summed E-state index contributed by atoms with van der Waals surface area (Å²) in [6.07, 6.45) is 10.3. The Hall–Kier alpha value is -3.71. The van der Waals surface area contributed by atoms with Crippen LogP contribution in [-0.4, -0.2) is 43.9 Å². The highest BCUT2D eigenvalue weighted by Gasteiger charge is 2.17. The van der Waals surface area contributed by atoms with Gasteiger partial charge in [0, 0.05) is 23.4 Å². The van der Waals surface area contributed by atoms with Gasteiger partial charge in [0.05, 0.1) is 7.11 Å². The zero-order valence-corrected chi connectivity index (χ0v) is 20.8. The Labute approximate surface area is 212 Å². The number of amides is 1. The van der Waals surface area contributed by atoms with Crippen molar-refractivity contribution in [3.63, 3.8) is 0 Å². The Morgan fingerprint density at radius 3 is 2.75 bits per heavy atom. The summed E-state index contributed by atoms with van der Waals surface area (Å²) in [5, 5.41) is 16.2. The van der Waals surface area contributed by atoms with Gasteiger partial charge in [-0.25, -0.2) is 0 Å². The molecule has 1 aliphatic heterocycles. The monoisotopic (exact) mass is 490 g/mol. The van der Waals surface area contributed by atoms with Gasteiger partial charge in [-0.05, 0) is 74.2 Å². The number of phenols is 1. The minimum atomic E-state index is -0.255. The van der Waals surface area contributed by atoms with E-state index < -0.39 is 0 Å². The summed E-state index contributed by atoms with van der Waals surface area (Å²) in [7, 11) is 1.49. The quantitative estimate of drug-likeness (QED) is 0.446. The average molecular weight is 491 g/mol. The van der Waals surface area contributed by atoms with E-state index in [1.165, 1.54) is 13.2 Å². The largest absolute Gasteiger partial charge is 0.504 e. The van der Waals surface area contributed by atoms with Crippen LogP contribution in [0.3, 0.4) is 0 Å². The van der Waals surface area contributed by atoms with Crippen LogP contribution in [-0.2, 0) is 4.79 Å². The predicted molar refractivity (Wildman–Crippen MR) is 140 cm³/mol. The van der Waals surface area contributed by atoms with E-state index >= 15 is 0 Å². The number of aromatic hydroxyl groups is 1. The molecular weight excluding hydrogens is 456 g/mol. The maximum Gasteiger partial charge on any atom is 0.248 e. The average Bonchev–Trinajstić information content (AvgIpc) is 2.88. The number of rotatable bonds is 9. The van der Waals surface area contributed by atoms with E-state index in [1.807, 2.05) is 30.3 Å². The van der Waals surface area contributed by atoms with Crippen LogP contribution >= 0.6 is 0 Å². The van der Waals surface area contributed by atoms with Crippen molar-refractivity contribution >= 4 is 12.0 Å². The molecule has 7 nitrogen and oxygen atoms in total.